The lowest BCUT2D eigenvalue weighted by atomic mass is 10.1. The van der Waals surface area contributed by atoms with Gasteiger partial charge in [0.1, 0.15) is 11.9 Å². The van der Waals surface area contributed by atoms with Gasteiger partial charge in [-0.1, -0.05) is 5.16 Å². The highest BCUT2D eigenvalue weighted by Gasteiger charge is 2.17. The van der Waals surface area contributed by atoms with Gasteiger partial charge in [0.05, 0.1) is 12.5 Å². The Bertz CT molecular complexity index is 779. The second-order valence-electron chi connectivity index (χ2n) is 5.72. The average molecular weight is 345 g/mol. The average Bonchev–Trinajstić information content (AvgIpc) is 3.34. The zero-order valence-corrected chi connectivity index (χ0v) is 13.7. The first-order valence-corrected chi connectivity index (χ1v) is 7.99. The maximum absolute atomic E-state index is 12.0. The minimum atomic E-state index is -0.753. The highest BCUT2D eigenvalue weighted by atomic mass is 16.5. The second kappa shape index (κ2) is 7.80. The summed E-state index contributed by atoms with van der Waals surface area (Å²) in [5.74, 6) is 1.56. The second-order valence-corrected chi connectivity index (χ2v) is 5.72. The smallest absolute Gasteiger partial charge is 0.238 e. The minimum Gasteiger partial charge on any atom is -0.467 e. The number of rotatable bonds is 8. The molecule has 0 radical (unpaired) electrons. The number of nitrogens with one attached hydrogen (secondary N) is 1. The fourth-order valence-electron chi connectivity index (χ4n) is 2.42. The van der Waals surface area contributed by atoms with E-state index in [1.54, 1.807) is 24.3 Å². The van der Waals surface area contributed by atoms with Crippen molar-refractivity contribution in [2.45, 2.75) is 38.3 Å². The zero-order chi connectivity index (χ0) is 17.6. The molecule has 25 heavy (non-hydrogen) atoms. The number of carbonyl (C=O) groups is 1. The van der Waals surface area contributed by atoms with Crippen LogP contribution in [0.15, 0.2) is 50.1 Å². The summed E-state index contributed by atoms with van der Waals surface area (Å²) in [7, 11) is 0. The summed E-state index contributed by atoms with van der Waals surface area (Å²) in [4.78, 5) is 16.2. The summed E-state index contributed by atoms with van der Waals surface area (Å²) < 4.78 is 15.4. The van der Waals surface area contributed by atoms with Crippen LogP contribution in [0.3, 0.4) is 0 Å². The number of carbonyl (C=O) groups excluding carboxylic acids is 1. The van der Waals surface area contributed by atoms with E-state index in [2.05, 4.69) is 15.5 Å². The number of amides is 1. The molecule has 3 aromatic rings. The zero-order valence-electron chi connectivity index (χ0n) is 13.7. The molecule has 2 N–H and O–H groups in total. The van der Waals surface area contributed by atoms with Crippen LogP contribution in [0.5, 0.6) is 0 Å². The molecule has 0 aliphatic carbocycles. The van der Waals surface area contributed by atoms with Crippen molar-refractivity contribution in [3.05, 3.63) is 48.4 Å². The molecule has 8 nitrogen and oxygen atoms in total. The molecule has 1 amide bonds. The van der Waals surface area contributed by atoms with Crippen molar-refractivity contribution in [1.29, 1.82) is 0 Å². The first-order chi connectivity index (χ1) is 12.1. The van der Waals surface area contributed by atoms with Crippen LogP contribution in [0.4, 0.5) is 0 Å². The lowest BCUT2D eigenvalue weighted by molar-refractivity contribution is -0.121. The Morgan fingerprint density at radius 3 is 2.80 bits per heavy atom. The monoisotopic (exact) mass is 345 g/mol. The molecule has 0 bridgehead atoms. The number of aryl methyl sites for hydroxylation is 1. The van der Waals surface area contributed by atoms with Gasteiger partial charge in [-0.25, -0.2) is 0 Å². The van der Waals surface area contributed by atoms with Crippen molar-refractivity contribution < 1.29 is 23.3 Å². The summed E-state index contributed by atoms with van der Waals surface area (Å²) in [6.07, 6.45) is 3.17. The Kier molecular flexibility index (Phi) is 5.30. The summed E-state index contributed by atoms with van der Waals surface area (Å²) in [5, 5.41) is 16.6. The third-order valence-electron chi connectivity index (χ3n) is 3.63. The van der Waals surface area contributed by atoms with Gasteiger partial charge in [-0.3, -0.25) is 4.79 Å². The van der Waals surface area contributed by atoms with E-state index in [0.29, 0.717) is 36.1 Å². The lowest BCUT2D eigenvalue weighted by Crippen LogP contribution is -2.33. The number of aromatic nitrogens is 2. The first kappa shape index (κ1) is 17.0. The van der Waals surface area contributed by atoms with Crippen molar-refractivity contribution in [2.24, 2.45) is 0 Å². The van der Waals surface area contributed by atoms with E-state index >= 15 is 0 Å². The molecule has 3 aromatic heterocycles. The Morgan fingerprint density at radius 2 is 2.08 bits per heavy atom. The third-order valence-corrected chi connectivity index (χ3v) is 3.63. The maximum atomic E-state index is 12.0. The predicted octanol–water partition coefficient (Wildman–Crippen LogP) is 2.48. The lowest BCUT2D eigenvalue weighted by Gasteiger charge is -2.16. The number of hydrogen-bond donors (Lipinski definition) is 2. The van der Waals surface area contributed by atoms with Gasteiger partial charge >= 0.3 is 0 Å². The van der Waals surface area contributed by atoms with Crippen LogP contribution in [0, 0.1) is 0 Å². The van der Waals surface area contributed by atoms with Gasteiger partial charge in [-0.15, -0.1) is 0 Å². The van der Waals surface area contributed by atoms with Crippen LogP contribution in [0.2, 0.25) is 0 Å². The molecule has 0 aliphatic rings. The predicted molar refractivity (Wildman–Crippen MR) is 86.2 cm³/mol. The Morgan fingerprint density at radius 1 is 1.28 bits per heavy atom. The van der Waals surface area contributed by atoms with E-state index in [0.717, 1.165) is 0 Å². The molecule has 132 valence electrons. The maximum Gasteiger partial charge on any atom is 0.238 e. The molecule has 8 heteroatoms. The largest absolute Gasteiger partial charge is 0.467 e. The molecule has 2 atom stereocenters. The van der Waals surface area contributed by atoms with Crippen molar-refractivity contribution in [2.75, 3.05) is 0 Å². The molecule has 0 spiro atoms. The molecule has 0 fully saturated rings. The van der Waals surface area contributed by atoms with Crippen LogP contribution >= 0.6 is 0 Å². The molecular formula is C17H19N3O5. The van der Waals surface area contributed by atoms with Gasteiger partial charge in [-0.05, 0) is 31.2 Å². The van der Waals surface area contributed by atoms with Gasteiger partial charge in [0.2, 0.25) is 17.6 Å². The Balaban J connectivity index is 1.43. The molecular weight excluding hydrogens is 326 g/mol. The van der Waals surface area contributed by atoms with Gasteiger partial charge in [0.25, 0.3) is 0 Å². The molecule has 0 aliphatic heterocycles. The number of aliphatic hydroxyl groups is 1. The molecule has 0 saturated heterocycles. The number of nitrogens with zero attached hydrogens (tertiary/aromatic N) is 2. The molecule has 3 rings (SSSR count). The van der Waals surface area contributed by atoms with E-state index < -0.39 is 6.10 Å². The summed E-state index contributed by atoms with van der Waals surface area (Å²) in [6, 6.07) is 6.67. The normalized spacial score (nSPS) is 13.5. The molecule has 2 unspecified atom stereocenters. The minimum absolute atomic E-state index is 0.156. The highest BCUT2D eigenvalue weighted by Crippen LogP contribution is 2.19. The van der Waals surface area contributed by atoms with Gasteiger partial charge < -0.3 is 23.8 Å². The SMILES string of the molecule is CC(CC(O)c1ccco1)NC(=O)CCc1nc(-c2ccco2)no1. The van der Waals surface area contributed by atoms with E-state index in [1.807, 2.05) is 6.92 Å². The highest BCUT2D eigenvalue weighted by molar-refractivity contribution is 5.76. The number of aliphatic hydroxyl groups excluding tert-OH is 1. The molecule has 0 saturated carbocycles. The quantitative estimate of drug-likeness (QED) is 0.644. The topological polar surface area (TPSA) is 115 Å². The first-order valence-electron chi connectivity index (χ1n) is 7.99. The Hall–Kier alpha value is -2.87. The van der Waals surface area contributed by atoms with Crippen LogP contribution in [-0.4, -0.2) is 27.2 Å². The molecule has 0 aromatic carbocycles. The van der Waals surface area contributed by atoms with Crippen LogP contribution < -0.4 is 5.32 Å². The van der Waals surface area contributed by atoms with E-state index in [-0.39, 0.29) is 18.4 Å². The summed E-state index contributed by atoms with van der Waals surface area (Å²) in [6.45, 7) is 1.83. The van der Waals surface area contributed by atoms with Gasteiger partial charge in [0.15, 0.2) is 5.76 Å². The van der Waals surface area contributed by atoms with Crippen LogP contribution in [0.25, 0.3) is 11.6 Å². The van der Waals surface area contributed by atoms with Crippen molar-refractivity contribution in [3.63, 3.8) is 0 Å². The van der Waals surface area contributed by atoms with Gasteiger partial charge in [0, 0.05) is 25.3 Å². The van der Waals surface area contributed by atoms with E-state index in [9.17, 15) is 9.90 Å². The number of hydrogen-bond acceptors (Lipinski definition) is 7. The standard InChI is InChI=1S/C17H19N3O5/c1-11(10-12(21)13-4-2-8-23-13)18-15(22)6-7-16-19-17(20-25-16)14-5-3-9-24-14/h2-5,8-9,11-12,21H,6-7,10H2,1H3,(H,18,22). The van der Waals surface area contributed by atoms with E-state index in [1.165, 1.54) is 12.5 Å². The van der Waals surface area contributed by atoms with Crippen molar-refractivity contribution in [3.8, 4) is 11.6 Å². The van der Waals surface area contributed by atoms with Crippen LogP contribution in [0.1, 0.15) is 37.5 Å². The van der Waals surface area contributed by atoms with Gasteiger partial charge in [-0.2, -0.15) is 4.98 Å². The van der Waals surface area contributed by atoms with Crippen molar-refractivity contribution >= 4 is 5.91 Å². The summed E-state index contributed by atoms with van der Waals surface area (Å²) in [5.41, 5.74) is 0. The van der Waals surface area contributed by atoms with E-state index in [4.69, 9.17) is 13.4 Å². The van der Waals surface area contributed by atoms with Crippen molar-refractivity contribution in [1.82, 2.24) is 15.5 Å². The third kappa shape index (κ3) is 4.57. The summed E-state index contributed by atoms with van der Waals surface area (Å²) >= 11 is 0. The Labute approximate surface area is 143 Å². The fraction of sp³-hybridized carbons (Fsp3) is 0.353. The van der Waals surface area contributed by atoms with Crippen LogP contribution in [-0.2, 0) is 11.2 Å². The fourth-order valence-corrected chi connectivity index (χ4v) is 2.42. The molecule has 3 heterocycles. The number of furan rings is 2.